The number of nitrogens with zero attached hydrogens (tertiary/aromatic N) is 3. The molecule has 4 nitrogen and oxygen atoms in total. The SMILES string of the molecule is Cc1c(F)cc(C#N)cc1NCc1cn(C)nc1C(C)C. The summed E-state index contributed by atoms with van der Waals surface area (Å²) in [7, 11) is 1.89. The van der Waals surface area contributed by atoms with Gasteiger partial charge in [-0.2, -0.15) is 10.4 Å². The molecule has 1 heterocycles. The van der Waals surface area contributed by atoms with Crippen LogP contribution in [-0.2, 0) is 13.6 Å². The van der Waals surface area contributed by atoms with E-state index in [1.807, 2.05) is 19.3 Å². The molecule has 0 unspecified atom stereocenters. The molecule has 0 aliphatic heterocycles. The van der Waals surface area contributed by atoms with E-state index in [9.17, 15) is 4.39 Å². The number of aromatic nitrogens is 2. The van der Waals surface area contributed by atoms with Crippen molar-refractivity contribution in [2.75, 3.05) is 5.32 Å². The zero-order chi connectivity index (χ0) is 15.6. The molecule has 2 aromatic rings. The quantitative estimate of drug-likeness (QED) is 0.936. The Balaban J connectivity index is 2.25. The zero-order valence-corrected chi connectivity index (χ0v) is 12.7. The molecule has 0 amide bonds. The molecule has 0 aliphatic rings. The van der Waals surface area contributed by atoms with Crippen molar-refractivity contribution < 1.29 is 4.39 Å². The highest BCUT2D eigenvalue weighted by Crippen LogP contribution is 2.23. The van der Waals surface area contributed by atoms with Crippen LogP contribution < -0.4 is 5.32 Å². The van der Waals surface area contributed by atoms with Crippen molar-refractivity contribution in [3.05, 3.63) is 46.5 Å². The van der Waals surface area contributed by atoms with Crippen LogP contribution in [0, 0.1) is 24.1 Å². The second-order valence-electron chi connectivity index (χ2n) is 5.46. The molecular weight excluding hydrogens is 267 g/mol. The van der Waals surface area contributed by atoms with E-state index in [1.54, 1.807) is 17.7 Å². The van der Waals surface area contributed by atoms with Crippen molar-refractivity contribution in [1.29, 1.82) is 5.26 Å². The predicted octanol–water partition coefficient (Wildman–Crippen LogP) is 3.47. The highest BCUT2D eigenvalue weighted by Gasteiger charge is 2.12. The van der Waals surface area contributed by atoms with Gasteiger partial charge in [0.1, 0.15) is 5.82 Å². The lowest BCUT2D eigenvalue weighted by Crippen LogP contribution is -2.05. The Bertz CT molecular complexity index is 695. The third-order valence-electron chi connectivity index (χ3n) is 3.43. The maximum Gasteiger partial charge on any atom is 0.129 e. The molecule has 0 bridgehead atoms. The van der Waals surface area contributed by atoms with E-state index in [0.29, 0.717) is 29.3 Å². The van der Waals surface area contributed by atoms with Crippen LogP contribution >= 0.6 is 0 Å². The van der Waals surface area contributed by atoms with E-state index in [0.717, 1.165) is 11.3 Å². The summed E-state index contributed by atoms with van der Waals surface area (Å²) in [4.78, 5) is 0. The van der Waals surface area contributed by atoms with Crippen LogP contribution in [0.4, 0.5) is 10.1 Å². The molecule has 0 saturated heterocycles. The van der Waals surface area contributed by atoms with Crippen molar-refractivity contribution in [3.8, 4) is 6.07 Å². The fraction of sp³-hybridized carbons (Fsp3) is 0.375. The Hall–Kier alpha value is -2.35. The van der Waals surface area contributed by atoms with Crippen LogP contribution in [0.25, 0.3) is 0 Å². The summed E-state index contributed by atoms with van der Waals surface area (Å²) >= 11 is 0. The fourth-order valence-corrected chi connectivity index (χ4v) is 2.29. The normalized spacial score (nSPS) is 10.7. The highest BCUT2D eigenvalue weighted by atomic mass is 19.1. The van der Waals surface area contributed by atoms with Crippen LogP contribution in [0.15, 0.2) is 18.3 Å². The Labute approximate surface area is 124 Å². The second kappa shape index (κ2) is 5.96. The Morgan fingerprint density at radius 1 is 1.43 bits per heavy atom. The summed E-state index contributed by atoms with van der Waals surface area (Å²) in [6, 6.07) is 4.90. The lowest BCUT2D eigenvalue weighted by Gasteiger charge is -2.11. The maximum absolute atomic E-state index is 13.8. The molecule has 21 heavy (non-hydrogen) atoms. The summed E-state index contributed by atoms with van der Waals surface area (Å²) in [5, 5.41) is 16.6. The molecule has 110 valence electrons. The summed E-state index contributed by atoms with van der Waals surface area (Å²) < 4.78 is 15.5. The summed E-state index contributed by atoms with van der Waals surface area (Å²) in [5.74, 6) is -0.0434. The van der Waals surface area contributed by atoms with E-state index < -0.39 is 0 Å². The van der Waals surface area contributed by atoms with Gasteiger partial charge in [0.25, 0.3) is 0 Å². The number of halogens is 1. The topological polar surface area (TPSA) is 53.6 Å². The van der Waals surface area contributed by atoms with Gasteiger partial charge in [-0.15, -0.1) is 0 Å². The summed E-state index contributed by atoms with van der Waals surface area (Å²) in [6.07, 6.45) is 1.96. The van der Waals surface area contributed by atoms with Crippen molar-refractivity contribution >= 4 is 5.69 Å². The summed E-state index contributed by atoms with van der Waals surface area (Å²) in [6.45, 7) is 6.43. The number of nitriles is 1. The average Bonchev–Trinajstić information content (AvgIpc) is 2.81. The second-order valence-corrected chi connectivity index (χ2v) is 5.46. The Kier molecular flexibility index (Phi) is 4.27. The third-order valence-corrected chi connectivity index (χ3v) is 3.43. The average molecular weight is 286 g/mol. The van der Waals surface area contributed by atoms with Gasteiger partial charge >= 0.3 is 0 Å². The molecule has 0 saturated carbocycles. The molecule has 0 radical (unpaired) electrons. The third kappa shape index (κ3) is 3.22. The van der Waals surface area contributed by atoms with E-state index >= 15 is 0 Å². The standard InChI is InChI=1S/C16H19FN4/c1-10(2)16-13(9-21(4)20-16)8-19-15-6-12(7-18)5-14(17)11(15)3/h5-6,9-10,19H,8H2,1-4H3. The number of rotatable bonds is 4. The van der Waals surface area contributed by atoms with Crippen LogP contribution in [0.3, 0.4) is 0 Å². The number of hydrogen-bond acceptors (Lipinski definition) is 3. The number of benzene rings is 1. The number of anilines is 1. The molecule has 1 aromatic carbocycles. The van der Waals surface area contributed by atoms with Crippen molar-refractivity contribution in [2.45, 2.75) is 33.2 Å². The van der Waals surface area contributed by atoms with E-state index in [4.69, 9.17) is 5.26 Å². The largest absolute Gasteiger partial charge is 0.381 e. The van der Waals surface area contributed by atoms with Gasteiger partial charge in [0, 0.05) is 36.6 Å². The zero-order valence-electron chi connectivity index (χ0n) is 12.7. The maximum atomic E-state index is 13.8. The lowest BCUT2D eigenvalue weighted by molar-refractivity contribution is 0.618. The first-order valence-electron chi connectivity index (χ1n) is 6.89. The molecular formula is C16H19FN4. The molecule has 0 spiro atoms. The van der Waals surface area contributed by atoms with E-state index in [2.05, 4.69) is 24.3 Å². The van der Waals surface area contributed by atoms with Crippen molar-refractivity contribution in [3.63, 3.8) is 0 Å². The lowest BCUT2D eigenvalue weighted by atomic mass is 10.1. The van der Waals surface area contributed by atoms with E-state index in [-0.39, 0.29) is 5.82 Å². The van der Waals surface area contributed by atoms with Crippen LogP contribution in [-0.4, -0.2) is 9.78 Å². The van der Waals surface area contributed by atoms with Gasteiger partial charge in [0.15, 0.2) is 0 Å². The van der Waals surface area contributed by atoms with Gasteiger partial charge in [0.05, 0.1) is 17.3 Å². The van der Waals surface area contributed by atoms with Crippen LogP contribution in [0.2, 0.25) is 0 Å². The van der Waals surface area contributed by atoms with Crippen molar-refractivity contribution in [1.82, 2.24) is 9.78 Å². The fourth-order valence-electron chi connectivity index (χ4n) is 2.29. The molecule has 0 fully saturated rings. The van der Waals surface area contributed by atoms with Gasteiger partial charge in [-0.05, 0) is 25.0 Å². The Morgan fingerprint density at radius 2 is 2.14 bits per heavy atom. The molecule has 0 atom stereocenters. The van der Waals surface area contributed by atoms with Gasteiger partial charge in [0.2, 0.25) is 0 Å². The number of aryl methyl sites for hydroxylation is 1. The molecule has 0 aliphatic carbocycles. The molecule has 2 rings (SSSR count). The molecule has 1 N–H and O–H groups in total. The minimum Gasteiger partial charge on any atom is -0.381 e. The first kappa shape index (κ1) is 15.0. The minimum absolute atomic E-state index is 0.316. The monoisotopic (exact) mass is 286 g/mol. The van der Waals surface area contributed by atoms with Gasteiger partial charge in [-0.1, -0.05) is 13.8 Å². The highest BCUT2D eigenvalue weighted by molar-refractivity contribution is 5.56. The Morgan fingerprint density at radius 3 is 2.76 bits per heavy atom. The summed E-state index contributed by atoms with van der Waals surface area (Å²) in [5.41, 5.74) is 3.58. The van der Waals surface area contributed by atoms with Crippen LogP contribution in [0.1, 0.15) is 42.1 Å². The minimum atomic E-state index is -0.369. The number of hydrogen-bond donors (Lipinski definition) is 1. The van der Waals surface area contributed by atoms with Gasteiger partial charge in [-0.25, -0.2) is 4.39 Å². The first-order valence-corrected chi connectivity index (χ1v) is 6.89. The van der Waals surface area contributed by atoms with E-state index in [1.165, 1.54) is 6.07 Å². The van der Waals surface area contributed by atoms with Crippen molar-refractivity contribution in [2.24, 2.45) is 7.05 Å². The first-order chi connectivity index (χ1) is 9.92. The molecule has 5 heteroatoms. The smallest absolute Gasteiger partial charge is 0.129 e. The number of nitrogens with one attached hydrogen (secondary N) is 1. The van der Waals surface area contributed by atoms with Gasteiger partial charge < -0.3 is 5.32 Å². The van der Waals surface area contributed by atoms with Gasteiger partial charge in [-0.3, -0.25) is 4.68 Å². The predicted molar refractivity (Wildman–Crippen MR) is 80.5 cm³/mol. The van der Waals surface area contributed by atoms with Crippen LogP contribution in [0.5, 0.6) is 0 Å². The molecule has 1 aromatic heterocycles.